The van der Waals surface area contributed by atoms with E-state index in [4.69, 9.17) is 9.62 Å². The number of aromatic nitrogens is 5. The first-order valence-corrected chi connectivity index (χ1v) is 10.5. The summed E-state index contributed by atoms with van der Waals surface area (Å²) < 4.78 is 7.25. The van der Waals surface area contributed by atoms with E-state index in [-0.39, 0.29) is 12.3 Å². The molecular weight excluding hydrogens is 404 g/mol. The van der Waals surface area contributed by atoms with Crippen LogP contribution in [0.4, 0.5) is 0 Å². The maximum absolute atomic E-state index is 12.7. The van der Waals surface area contributed by atoms with Gasteiger partial charge in [0.15, 0.2) is 0 Å². The number of nitrogens with zero attached hydrogens (tertiary/aromatic N) is 6. The zero-order valence-electron chi connectivity index (χ0n) is 18.7. The van der Waals surface area contributed by atoms with Crippen molar-refractivity contribution in [2.45, 2.75) is 40.2 Å². The predicted octanol–water partition coefficient (Wildman–Crippen LogP) is 3.83. The molecule has 0 spiro atoms. The quantitative estimate of drug-likeness (QED) is 0.443. The van der Waals surface area contributed by atoms with Crippen LogP contribution in [0.2, 0.25) is 0 Å². The van der Waals surface area contributed by atoms with Crippen molar-refractivity contribution in [2.75, 3.05) is 7.05 Å². The lowest BCUT2D eigenvalue weighted by Gasteiger charge is -2.17. The van der Waals surface area contributed by atoms with Crippen molar-refractivity contribution in [2.24, 2.45) is 0 Å². The van der Waals surface area contributed by atoms with Gasteiger partial charge in [-0.25, -0.2) is 4.68 Å². The molecule has 3 heterocycles. The van der Waals surface area contributed by atoms with Gasteiger partial charge in [-0.3, -0.25) is 9.78 Å². The molecule has 164 valence electrons. The van der Waals surface area contributed by atoms with Crippen molar-refractivity contribution in [1.29, 1.82) is 0 Å². The number of carbonyl (C=O) groups excluding carboxylic acids is 1. The van der Waals surface area contributed by atoms with Gasteiger partial charge in [0.25, 0.3) is 0 Å². The predicted molar refractivity (Wildman–Crippen MR) is 120 cm³/mol. The van der Waals surface area contributed by atoms with E-state index < -0.39 is 0 Å². The van der Waals surface area contributed by atoms with Gasteiger partial charge in [-0.15, -0.1) is 0 Å². The third kappa shape index (κ3) is 4.44. The third-order valence-electron chi connectivity index (χ3n) is 5.55. The van der Waals surface area contributed by atoms with Crippen LogP contribution in [-0.2, 0) is 17.8 Å². The Morgan fingerprint density at radius 1 is 1.12 bits per heavy atom. The molecule has 0 aliphatic carbocycles. The van der Waals surface area contributed by atoms with E-state index in [1.807, 2.05) is 42.8 Å². The number of rotatable bonds is 7. The summed E-state index contributed by atoms with van der Waals surface area (Å²) in [6.45, 7) is 6.58. The van der Waals surface area contributed by atoms with Gasteiger partial charge in [-0.05, 0) is 44.5 Å². The fourth-order valence-corrected chi connectivity index (χ4v) is 3.64. The van der Waals surface area contributed by atoms with Crippen molar-refractivity contribution < 1.29 is 9.32 Å². The Hall–Kier alpha value is -3.81. The SMILES string of the molecule is Cc1ccccc1-n1nc(C)c(CN(C)C(=O)CCc2nc(-c3cccnc3)no2)c1C. The number of amides is 1. The monoisotopic (exact) mass is 430 g/mol. The van der Waals surface area contributed by atoms with Crippen molar-refractivity contribution in [1.82, 2.24) is 29.8 Å². The second-order valence-electron chi connectivity index (χ2n) is 7.85. The van der Waals surface area contributed by atoms with Crippen molar-refractivity contribution >= 4 is 5.91 Å². The van der Waals surface area contributed by atoms with E-state index in [9.17, 15) is 4.79 Å². The largest absolute Gasteiger partial charge is 0.341 e. The maximum Gasteiger partial charge on any atom is 0.227 e. The van der Waals surface area contributed by atoms with E-state index in [1.54, 1.807) is 24.3 Å². The van der Waals surface area contributed by atoms with Gasteiger partial charge in [0, 0.05) is 55.6 Å². The lowest BCUT2D eigenvalue weighted by atomic mass is 10.1. The Morgan fingerprint density at radius 3 is 2.69 bits per heavy atom. The number of benzene rings is 1. The number of pyridine rings is 1. The standard InChI is InChI=1S/C24H26N6O2/c1-16-8-5-6-10-21(16)30-18(3)20(17(2)27-30)15-29(4)23(31)12-11-22-26-24(28-32-22)19-9-7-13-25-14-19/h5-10,13-14H,11-12,15H2,1-4H3. The van der Waals surface area contributed by atoms with Crippen LogP contribution >= 0.6 is 0 Å². The molecule has 0 aliphatic heterocycles. The minimum Gasteiger partial charge on any atom is -0.341 e. The van der Waals surface area contributed by atoms with Crippen LogP contribution in [0.5, 0.6) is 0 Å². The van der Waals surface area contributed by atoms with Crippen molar-refractivity contribution in [3.63, 3.8) is 0 Å². The molecule has 1 amide bonds. The zero-order chi connectivity index (χ0) is 22.7. The summed E-state index contributed by atoms with van der Waals surface area (Å²) in [5.74, 6) is 0.919. The average Bonchev–Trinajstić information content (AvgIpc) is 3.38. The normalized spacial score (nSPS) is 11.0. The first kappa shape index (κ1) is 21.4. The van der Waals surface area contributed by atoms with Crippen LogP contribution in [0.25, 0.3) is 17.1 Å². The molecule has 4 rings (SSSR count). The molecule has 0 N–H and O–H groups in total. The highest BCUT2D eigenvalue weighted by molar-refractivity contribution is 5.76. The van der Waals surface area contributed by atoms with E-state index >= 15 is 0 Å². The van der Waals surface area contributed by atoms with Crippen LogP contribution in [0.1, 0.15) is 34.8 Å². The summed E-state index contributed by atoms with van der Waals surface area (Å²) in [6.07, 6.45) is 4.04. The minimum absolute atomic E-state index is 0.00793. The molecule has 0 fully saturated rings. The van der Waals surface area contributed by atoms with Gasteiger partial charge in [0.1, 0.15) is 0 Å². The molecule has 0 saturated carbocycles. The fraction of sp³-hybridized carbons (Fsp3) is 0.292. The Balaban J connectivity index is 1.40. The molecule has 1 aromatic carbocycles. The van der Waals surface area contributed by atoms with E-state index in [1.165, 1.54) is 0 Å². The van der Waals surface area contributed by atoms with Gasteiger partial charge in [-0.1, -0.05) is 23.4 Å². The molecule has 0 saturated heterocycles. The molecule has 8 heteroatoms. The Bertz CT molecular complexity index is 1230. The average molecular weight is 431 g/mol. The Labute approximate surface area is 186 Å². The fourth-order valence-electron chi connectivity index (χ4n) is 3.64. The summed E-state index contributed by atoms with van der Waals surface area (Å²) in [7, 11) is 1.81. The second kappa shape index (κ2) is 9.13. The summed E-state index contributed by atoms with van der Waals surface area (Å²) in [5, 5.41) is 8.70. The Morgan fingerprint density at radius 2 is 1.94 bits per heavy atom. The minimum atomic E-state index is 0.00793. The molecule has 0 radical (unpaired) electrons. The van der Waals surface area contributed by atoms with Gasteiger partial charge in [-0.2, -0.15) is 10.1 Å². The molecule has 0 unspecified atom stereocenters. The number of hydrogen-bond donors (Lipinski definition) is 0. The first-order chi connectivity index (χ1) is 15.4. The molecule has 4 aromatic rings. The highest BCUT2D eigenvalue weighted by Gasteiger charge is 2.19. The lowest BCUT2D eigenvalue weighted by molar-refractivity contribution is -0.130. The molecule has 3 aromatic heterocycles. The van der Waals surface area contributed by atoms with Crippen molar-refractivity contribution in [3.8, 4) is 17.1 Å². The molecule has 0 atom stereocenters. The van der Waals surface area contributed by atoms with Crippen LogP contribution < -0.4 is 0 Å². The van der Waals surface area contributed by atoms with E-state index in [0.717, 1.165) is 33.8 Å². The third-order valence-corrected chi connectivity index (χ3v) is 5.55. The molecule has 8 nitrogen and oxygen atoms in total. The number of aryl methyl sites for hydroxylation is 3. The molecule has 32 heavy (non-hydrogen) atoms. The summed E-state index contributed by atoms with van der Waals surface area (Å²) >= 11 is 0. The molecular formula is C24H26N6O2. The van der Waals surface area contributed by atoms with Crippen LogP contribution in [0, 0.1) is 20.8 Å². The number of para-hydroxylation sites is 1. The summed E-state index contributed by atoms with van der Waals surface area (Å²) in [6, 6.07) is 11.8. The van der Waals surface area contributed by atoms with Gasteiger partial charge >= 0.3 is 0 Å². The molecule has 0 bridgehead atoms. The molecule has 0 aliphatic rings. The van der Waals surface area contributed by atoms with Crippen LogP contribution in [0.15, 0.2) is 53.3 Å². The maximum atomic E-state index is 12.7. The topological polar surface area (TPSA) is 89.9 Å². The summed E-state index contributed by atoms with van der Waals surface area (Å²) in [4.78, 5) is 22.9. The van der Waals surface area contributed by atoms with Gasteiger partial charge < -0.3 is 9.42 Å². The van der Waals surface area contributed by atoms with Crippen LogP contribution in [0.3, 0.4) is 0 Å². The van der Waals surface area contributed by atoms with E-state index in [0.29, 0.717) is 24.7 Å². The highest BCUT2D eigenvalue weighted by Crippen LogP contribution is 2.22. The first-order valence-electron chi connectivity index (χ1n) is 10.5. The smallest absolute Gasteiger partial charge is 0.227 e. The lowest BCUT2D eigenvalue weighted by Crippen LogP contribution is -2.27. The number of carbonyl (C=O) groups is 1. The highest BCUT2D eigenvalue weighted by atomic mass is 16.5. The van der Waals surface area contributed by atoms with Gasteiger partial charge in [0.2, 0.25) is 17.6 Å². The van der Waals surface area contributed by atoms with E-state index in [2.05, 4.69) is 34.2 Å². The number of hydrogen-bond acceptors (Lipinski definition) is 6. The van der Waals surface area contributed by atoms with Crippen LogP contribution in [-0.4, -0.2) is 42.8 Å². The van der Waals surface area contributed by atoms with Crippen molar-refractivity contribution in [3.05, 3.63) is 77.2 Å². The van der Waals surface area contributed by atoms with Gasteiger partial charge in [0.05, 0.1) is 11.4 Å². The summed E-state index contributed by atoms with van der Waals surface area (Å²) in [5.41, 5.74) is 6.00. The Kier molecular flexibility index (Phi) is 6.11. The second-order valence-corrected chi connectivity index (χ2v) is 7.85. The zero-order valence-corrected chi connectivity index (χ0v) is 18.7.